The van der Waals surface area contributed by atoms with Crippen molar-refractivity contribution < 1.29 is 4.74 Å². The first-order chi connectivity index (χ1) is 8.31. The number of aromatic nitrogens is 1. The second-order valence-corrected chi connectivity index (χ2v) is 4.42. The van der Waals surface area contributed by atoms with Crippen LogP contribution >= 0.6 is 11.8 Å². The molecule has 0 atom stereocenters. The lowest BCUT2D eigenvalue weighted by Crippen LogP contribution is -1.84. The van der Waals surface area contributed by atoms with Gasteiger partial charge in [0.15, 0.2) is 0 Å². The van der Waals surface area contributed by atoms with Crippen LogP contribution in [0.25, 0.3) is 0 Å². The highest BCUT2D eigenvalue weighted by molar-refractivity contribution is 7.99. The highest BCUT2D eigenvalue weighted by atomic mass is 32.2. The molecule has 0 aliphatic carbocycles. The average molecular weight is 242 g/mol. The predicted octanol–water partition coefficient (Wildman–Crippen LogP) is 3.11. The van der Waals surface area contributed by atoms with E-state index in [4.69, 9.17) is 10.00 Å². The Kier molecular flexibility index (Phi) is 3.63. The molecule has 17 heavy (non-hydrogen) atoms. The van der Waals surface area contributed by atoms with Crippen molar-refractivity contribution in [3.05, 3.63) is 48.3 Å². The molecule has 0 aliphatic heterocycles. The number of hydrogen-bond acceptors (Lipinski definition) is 4. The molecular weight excluding hydrogens is 232 g/mol. The van der Waals surface area contributed by atoms with Crippen molar-refractivity contribution >= 4 is 11.8 Å². The van der Waals surface area contributed by atoms with Crippen LogP contribution in [0, 0.1) is 11.3 Å². The molecule has 0 aliphatic rings. The van der Waals surface area contributed by atoms with E-state index in [1.54, 1.807) is 31.1 Å². The molecule has 0 amide bonds. The Morgan fingerprint density at radius 1 is 1.24 bits per heavy atom. The Morgan fingerprint density at radius 3 is 2.82 bits per heavy atom. The van der Waals surface area contributed by atoms with Gasteiger partial charge < -0.3 is 4.74 Å². The number of methoxy groups -OCH3 is 1. The molecule has 3 nitrogen and oxygen atoms in total. The molecule has 1 heterocycles. The van der Waals surface area contributed by atoms with Crippen molar-refractivity contribution in [2.45, 2.75) is 9.79 Å². The van der Waals surface area contributed by atoms with E-state index >= 15 is 0 Å². The lowest BCUT2D eigenvalue weighted by Gasteiger charge is -2.04. The van der Waals surface area contributed by atoms with Gasteiger partial charge in [-0.1, -0.05) is 17.8 Å². The number of rotatable bonds is 3. The molecule has 0 unspecified atom stereocenters. The number of nitriles is 1. The van der Waals surface area contributed by atoms with Gasteiger partial charge in [-0.25, -0.2) is 4.98 Å². The minimum Gasteiger partial charge on any atom is -0.497 e. The van der Waals surface area contributed by atoms with Crippen molar-refractivity contribution in [2.75, 3.05) is 7.11 Å². The maximum Gasteiger partial charge on any atom is 0.141 e. The van der Waals surface area contributed by atoms with Gasteiger partial charge in [-0.15, -0.1) is 0 Å². The lowest BCUT2D eigenvalue weighted by molar-refractivity contribution is 0.413. The summed E-state index contributed by atoms with van der Waals surface area (Å²) in [6.45, 7) is 0. The zero-order valence-corrected chi connectivity index (χ0v) is 10.1. The Bertz CT molecular complexity index is 563. The molecule has 4 heteroatoms. The molecular formula is C13H10N2OS. The summed E-state index contributed by atoms with van der Waals surface area (Å²) >= 11 is 1.58. The van der Waals surface area contributed by atoms with Crippen LogP contribution < -0.4 is 4.74 Å². The summed E-state index contributed by atoms with van der Waals surface area (Å²) < 4.78 is 5.16. The van der Waals surface area contributed by atoms with E-state index < -0.39 is 0 Å². The minimum absolute atomic E-state index is 0.429. The highest BCUT2D eigenvalue weighted by Gasteiger charge is 2.00. The fraction of sp³-hybridized carbons (Fsp3) is 0.0769. The van der Waals surface area contributed by atoms with Crippen LogP contribution in [-0.4, -0.2) is 12.1 Å². The Balaban J connectivity index is 2.22. The average Bonchev–Trinajstić information content (AvgIpc) is 2.39. The van der Waals surface area contributed by atoms with Crippen molar-refractivity contribution in [3.63, 3.8) is 0 Å². The first-order valence-electron chi connectivity index (χ1n) is 5.00. The second-order valence-electron chi connectivity index (χ2n) is 3.27. The number of hydrogen-bond donors (Lipinski definition) is 0. The summed E-state index contributed by atoms with van der Waals surface area (Å²) in [6.07, 6.45) is 1.64. The van der Waals surface area contributed by atoms with Crippen LogP contribution in [0.1, 0.15) is 5.69 Å². The number of benzene rings is 1. The number of pyridine rings is 1. The van der Waals surface area contributed by atoms with Crippen LogP contribution in [0.15, 0.2) is 52.4 Å². The third-order valence-corrected chi connectivity index (χ3v) is 3.10. The molecule has 2 rings (SSSR count). The van der Waals surface area contributed by atoms with Crippen molar-refractivity contribution in [2.24, 2.45) is 0 Å². The maximum atomic E-state index is 8.77. The summed E-state index contributed by atoms with van der Waals surface area (Å²) in [6, 6.07) is 13.5. The molecule has 0 radical (unpaired) electrons. The monoisotopic (exact) mass is 242 g/mol. The van der Waals surface area contributed by atoms with E-state index in [0.717, 1.165) is 15.5 Å². The first-order valence-corrected chi connectivity index (χ1v) is 5.81. The molecule has 0 bridgehead atoms. The zero-order chi connectivity index (χ0) is 12.1. The van der Waals surface area contributed by atoms with E-state index in [1.807, 2.05) is 36.4 Å². The molecule has 1 aromatic carbocycles. The van der Waals surface area contributed by atoms with Crippen molar-refractivity contribution in [1.82, 2.24) is 4.98 Å². The van der Waals surface area contributed by atoms with Crippen LogP contribution in [0.2, 0.25) is 0 Å². The second kappa shape index (κ2) is 5.37. The summed E-state index contributed by atoms with van der Waals surface area (Å²) in [7, 11) is 1.64. The summed E-state index contributed by atoms with van der Waals surface area (Å²) in [4.78, 5) is 5.99. The Morgan fingerprint density at radius 2 is 2.06 bits per heavy atom. The van der Waals surface area contributed by atoms with Gasteiger partial charge in [-0.2, -0.15) is 5.26 Å². The fourth-order valence-electron chi connectivity index (χ4n) is 1.34. The van der Waals surface area contributed by atoms with Gasteiger partial charge in [0.2, 0.25) is 0 Å². The van der Waals surface area contributed by atoms with Gasteiger partial charge in [0.05, 0.1) is 7.11 Å². The van der Waals surface area contributed by atoms with Crippen molar-refractivity contribution in [3.8, 4) is 11.8 Å². The molecule has 84 valence electrons. The third kappa shape index (κ3) is 2.99. The van der Waals surface area contributed by atoms with Gasteiger partial charge in [0, 0.05) is 16.0 Å². The van der Waals surface area contributed by atoms with Crippen LogP contribution in [0.3, 0.4) is 0 Å². The van der Waals surface area contributed by atoms with Gasteiger partial charge in [0.25, 0.3) is 0 Å². The van der Waals surface area contributed by atoms with Gasteiger partial charge in [-0.05, 0) is 30.3 Å². The zero-order valence-electron chi connectivity index (χ0n) is 9.25. The molecule has 0 saturated carbocycles. The fourth-order valence-corrected chi connectivity index (χ4v) is 2.23. The molecule has 0 N–H and O–H groups in total. The standard InChI is InChI=1S/C13H10N2OS/c1-16-11-3-2-4-12(8-11)17-13-5-6-15-10(7-13)9-14/h2-8H,1H3. The van der Waals surface area contributed by atoms with E-state index in [2.05, 4.69) is 4.98 Å². The molecule has 0 spiro atoms. The molecule has 1 aromatic heterocycles. The third-order valence-electron chi connectivity index (χ3n) is 2.12. The molecule has 0 saturated heterocycles. The first kappa shape index (κ1) is 11.5. The summed E-state index contributed by atoms with van der Waals surface area (Å²) in [5, 5.41) is 8.77. The Hall–Kier alpha value is -1.99. The van der Waals surface area contributed by atoms with Crippen LogP contribution in [0.5, 0.6) is 5.75 Å². The topological polar surface area (TPSA) is 45.9 Å². The van der Waals surface area contributed by atoms with Gasteiger partial charge in [0.1, 0.15) is 17.5 Å². The van der Waals surface area contributed by atoms with Crippen LogP contribution in [-0.2, 0) is 0 Å². The highest BCUT2D eigenvalue weighted by Crippen LogP contribution is 2.29. The normalized spacial score (nSPS) is 9.65. The quantitative estimate of drug-likeness (QED) is 0.829. The minimum atomic E-state index is 0.429. The van der Waals surface area contributed by atoms with Crippen molar-refractivity contribution in [1.29, 1.82) is 5.26 Å². The number of ether oxygens (including phenoxy) is 1. The van der Waals surface area contributed by atoms with E-state index in [1.165, 1.54) is 0 Å². The van der Waals surface area contributed by atoms with Gasteiger partial charge >= 0.3 is 0 Å². The maximum absolute atomic E-state index is 8.77. The lowest BCUT2D eigenvalue weighted by atomic mass is 10.3. The SMILES string of the molecule is COc1cccc(Sc2ccnc(C#N)c2)c1. The largest absolute Gasteiger partial charge is 0.497 e. The predicted molar refractivity (Wildman–Crippen MR) is 66.1 cm³/mol. The molecule has 2 aromatic rings. The van der Waals surface area contributed by atoms with Crippen LogP contribution in [0.4, 0.5) is 0 Å². The van der Waals surface area contributed by atoms with E-state index in [-0.39, 0.29) is 0 Å². The smallest absolute Gasteiger partial charge is 0.141 e. The number of nitrogens with zero attached hydrogens (tertiary/aromatic N) is 2. The van der Waals surface area contributed by atoms with E-state index in [9.17, 15) is 0 Å². The Labute approximate surface area is 104 Å². The summed E-state index contributed by atoms with van der Waals surface area (Å²) in [5.74, 6) is 0.824. The molecule has 0 fully saturated rings. The van der Waals surface area contributed by atoms with Gasteiger partial charge in [-0.3, -0.25) is 0 Å². The summed E-state index contributed by atoms with van der Waals surface area (Å²) in [5.41, 5.74) is 0.429. The van der Waals surface area contributed by atoms with E-state index in [0.29, 0.717) is 5.69 Å².